The maximum absolute atomic E-state index is 11.1. The van der Waals surface area contributed by atoms with Crippen molar-refractivity contribution in [3.63, 3.8) is 0 Å². The molecule has 0 unspecified atom stereocenters. The van der Waals surface area contributed by atoms with Crippen LogP contribution >= 0.6 is 0 Å². The van der Waals surface area contributed by atoms with Crippen LogP contribution in [0.15, 0.2) is 10.6 Å². The minimum atomic E-state index is -0.857. The minimum Gasteiger partial charge on any atom is -0.444 e. The van der Waals surface area contributed by atoms with Crippen LogP contribution in [0.4, 0.5) is 0 Å². The molecule has 1 heterocycles. The highest BCUT2D eigenvalue weighted by molar-refractivity contribution is 6.35. The molecule has 2 N–H and O–H groups in total. The summed E-state index contributed by atoms with van der Waals surface area (Å²) in [5, 5.41) is 12.6. The molecule has 16 heavy (non-hydrogen) atoms. The van der Waals surface area contributed by atoms with Gasteiger partial charge in [-0.1, -0.05) is 0 Å². The van der Waals surface area contributed by atoms with Crippen molar-refractivity contribution in [2.45, 2.75) is 13.5 Å². The van der Waals surface area contributed by atoms with Gasteiger partial charge >= 0.3 is 11.8 Å². The van der Waals surface area contributed by atoms with Crippen molar-refractivity contribution >= 4 is 11.8 Å². The van der Waals surface area contributed by atoms with E-state index in [4.69, 9.17) is 9.68 Å². The van der Waals surface area contributed by atoms with E-state index in [0.717, 1.165) is 0 Å². The van der Waals surface area contributed by atoms with Gasteiger partial charge in [0.1, 0.15) is 12.3 Å². The van der Waals surface area contributed by atoms with Gasteiger partial charge in [-0.2, -0.15) is 5.26 Å². The number of carbonyl (C=O) groups excluding carboxylic acids is 2. The molecule has 84 valence electrons. The Kier molecular flexibility index (Phi) is 4.03. The molecule has 1 rings (SSSR count). The summed E-state index contributed by atoms with van der Waals surface area (Å²) in [7, 11) is 0. The van der Waals surface area contributed by atoms with Gasteiger partial charge in [0.15, 0.2) is 0 Å². The highest BCUT2D eigenvalue weighted by Gasteiger charge is 2.13. The van der Waals surface area contributed by atoms with E-state index in [0.29, 0.717) is 11.7 Å². The maximum Gasteiger partial charge on any atom is 0.310 e. The van der Waals surface area contributed by atoms with Gasteiger partial charge < -0.3 is 15.1 Å². The summed E-state index contributed by atoms with van der Waals surface area (Å²) in [4.78, 5) is 26.0. The van der Waals surface area contributed by atoms with Gasteiger partial charge in [0.05, 0.1) is 18.8 Å². The molecule has 0 saturated carbocycles. The molecule has 7 nitrogen and oxygen atoms in total. The summed E-state index contributed by atoms with van der Waals surface area (Å²) in [5.41, 5.74) is 0. The lowest BCUT2D eigenvalue weighted by Crippen LogP contribution is -2.39. The van der Waals surface area contributed by atoms with E-state index in [-0.39, 0.29) is 13.1 Å². The highest BCUT2D eigenvalue weighted by Crippen LogP contribution is 2.00. The lowest BCUT2D eigenvalue weighted by atomic mass is 10.5. The molecule has 2 amide bonds. The number of aryl methyl sites for hydroxylation is 1. The Bertz CT molecular complexity index is 432. The summed E-state index contributed by atoms with van der Waals surface area (Å²) >= 11 is 0. The summed E-state index contributed by atoms with van der Waals surface area (Å²) < 4.78 is 5.08. The second-order valence-electron chi connectivity index (χ2n) is 2.89. The molecule has 0 saturated heterocycles. The van der Waals surface area contributed by atoms with Crippen molar-refractivity contribution < 1.29 is 14.0 Å². The first-order valence-electron chi connectivity index (χ1n) is 4.47. The number of rotatable bonds is 3. The maximum atomic E-state index is 11.1. The van der Waals surface area contributed by atoms with E-state index in [9.17, 15) is 9.59 Å². The van der Waals surface area contributed by atoms with Crippen LogP contribution in [0, 0.1) is 18.3 Å². The number of amides is 2. The third-order valence-corrected chi connectivity index (χ3v) is 1.60. The molecular weight excluding hydrogens is 212 g/mol. The molecule has 0 spiro atoms. The largest absolute Gasteiger partial charge is 0.444 e. The third kappa shape index (κ3) is 3.42. The lowest BCUT2D eigenvalue weighted by molar-refractivity contribution is -0.139. The van der Waals surface area contributed by atoms with Crippen LogP contribution in [-0.4, -0.2) is 23.3 Å². The van der Waals surface area contributed by atoms with Crippen molar-refractivity contribution in [1.82, 2.24) is 15.6 Å². The zero-order chi connectivity index (χ0) is 12.0. The molecule has 0 aromatic carbocycles. The van der Waals surface area contributed by atoms with Crippen LogP contribution in [0.2, 0.25) is 0 Å². The highest BCUT2D eigenvalue weighted by atomic mass is 16.4. The van der Waals surface area contributed by atoms with Gasteiger partial charge in [-0.15, -0.1) is 0 Å². The minimum absolute atomic E-state index is 0.0344. The Morgan fingerprint density at radius 2 is 2.19 bits per heavy atom. The Morgan fingerprint density at radius 1 is 1.50 bits per heavy atom. The first-order chi connectivity index (χ1) is 7.63. The first kappa shape index (κ1) is 11.7. The second-order valence-corrected chi connectivity index (χ2v) is 2.89. The fourth-order valence-electron chi connectivity index (χ4n) is 0.919. The zero-order valence-corrected chi connectivity index (χ0v) is 8.61. The van der Waals surface area contributed by atoms with Gasteiger partial charge in [-0.25, -0.2) is 4.98 Å². The number of hydrogen-bond donors (Lipinski definition) is 2. The molecule has 0 aliphatic rings. The Morgan fingerprint density at radius 3 is 2.75 bits per heavy atom. The average molecular weight is 222 g/mol. The monoisotopic (exact) mass is 222 g/mol. The number of oxazole rings is 1. The summed E-state index contributed by atoms with van der Waals surface area (Å²) in [5.74, 6) is -0.743. The topological polar surface area (TPSA) is 108 Å². The SMILES string of the molecule is Cc1cnc(CNC(=O)C(=O)NCC#N)o1. The molecule has 1 aromatic heterocycles. The molecule has 0 fully saturated rings. The summed E-state index contributed by atoms with van der Waals surface area (Å²) in [6, 6.07) is 1.69. The van der Waals surface area contributed by atoms with Crippen molar-refractivity contribution in [1.29, 1.82) is 5.26 Å². The van der Waals surface area contributed by atoms with E-state index in [1.165, 1.54) is 6.20 Å². The quantitative estimate of drug-likeness (QED) is 0.516. The van der Waals surface area contributed by atoms with Crippen LogP contribution < -0.4 is 10.6 Å². The van der Waals surface area contributed by atoms with Crippen molar-refractivity contribution in [2.24, 2.45) is 0 Å². The predicted octanol–water partition coefficient (Wildman–Crippen LogP) is -0.761. The van der Waals surface area contributed by atoms with Crippen molar-refractivity contribution in [3.05, 3.63) is 17.8 Å². The first-order valence-corrected chi connectivity index (χ1v) is 4.47. The Labute approximate surface area is 91.5 Å². The van der Waals surface area contributed by atoms with E-state index in [1.807, 2.05) is 0 Å². The molecule has 7 heteroatoms. The summed E-state index contributed by atoms with van der Waals surface area (Å²) in [6.07, 6.45) is 1.51. The number of hydrogen-bond acceptors (Lipinski definition) is 5. The number of nitrogens with zero attached hydrogens (tertiary/aromatic N) is 2. The molecule has 1 aromatic rings. The second kappa shape index (κ2) is 5.50. The average Bonchev–Trinajstić information content (AvgIpc) is 2.68. The van der Waals surface area contributed by atoms with E-state index < -0.39 is 11.8 Å². The van der Waals surface area contributed by atoms with Crippen LogP contribution in [0.25, 0.3) is 0 Å². The molecule has 0 aliphatic carbocycles. The van der Waals surface area contributed by atoms with Crippen LogP contribution in [0.3, 0.4) is 0 Å². The van der Waals surface area contributed by atoms with Crippen molar-refractivity contribution in [2.75, 3.05) is 6.54 Å². The van der Waals surface area contributed by atoms with E-state index >= 15 is 0 Å². The van der Waals surface area contributed by atoms with Gasteiger partial charge in [-0.3, -0.25) is 9.59 Å². The standard InChI is InChI=1S/C9H10N4O3/c1-6-4-12-7(16-6)5-13-9(15)8(14)11-3-2-10/h4H,3,5H2,1H3,(H,11,14)(H,13,15). The number of nitriles is 1. The van der Waals surface area contributed by atoms with E-state index in [2.05, 4.69) is 15.6 Å². The smallest absolute Gasteiger partial charge is 0.310 e. The van der Waals surface area contributed by atoms with Gasteiger partial charge in [0.25, 0.3) is 0 Å². The van der Waals surface area contributed by atoms with Crippen LogP contribution in [-0.2, 0) is 16.1 Å². The van der Waals surface area contributed by atoms with Gasteiger partial charge in [0.2, 0.25) is 5.89 Å². The lowest BCUT2D eigenvalue weighted by Gasteiger charge is -2.01. The zero-order valence-electron chi connectivity index (χ0n) is 8.61. The number of aromatic nitrogens is 1. The van der Waals surface area contributed by atoms with Crippen LogP contribution in [0.5, 0.6) is 0 Å². The molecule has 0 aliphatic heterocycles. The van der Waals surface area contributed by atoms with Gasteiger partial charge in [0, 0.05) is 0 Å². The molecular formula is C9H10N4O3. The van der Waals surface area contributed by atoms with Gasteiger partial charge in [-0.05, 0) is 6.92 Å². The fraction of sp³-hybridized carbons (Fsp3) is 0.333. The normalized spacial score (nSPS) is 9.25. The predicted molar refractivity (Wildman–Crippen MR) is 51.7 cm³/mol. The fourth-order valence-corrected chi connectivity index (χ4v) is 0.919. The molecule has 0 radical (unpaired) electrons. The Hall–Kier alpha value is -2.36. The van der Waals surface area contributed by atoms with Crippen LogP contribution in [0.1, 0.15) is 11.7 Å². The third-order valence-electron chi connectivity index (χ3n) is 1.60. The van der Waals surface area contributed by atoms with E-state index in [1.54, 1.807) is 13.0 Å². The number of nitrogens with one attached hydrogen (secondary N) is 2. The molecule has 0 bridgehead atoms. The number of carbonyl (C=O) groups is 2. The molecule has 0 atom stereocenters. The van der Waals surface area contributed by atoms with Crippen molar-refractivity contribution in [3.8, 4) is 6.07 Å². The summed E-state index contributed by atoms with van der Waals surface area (Å²) in [6.45, 7) is 1.55. The Balaban J connectivity index is 2.35.